The van der Waals surface area contributed by atoms with Gasteiger partial charge in [0.25, 0.3) is 0 Å². The first-order chi connectivity index (χ1) is 19.7. The Morgan fingerprint density at radius 2 is 1.37 bits per heavy atom. The van der Waals surface area contributed by atoms with Gasteiger partial charge in [-0.05, 0) is 85.7 Å². The fourth-order valence-electron chi connectivity index (χ4n) is 7.67. The number of pyridine rings is 1. The first-order valence-electron chi connectivity index (χ1n) is 15.0. The minimum absolute atomic E-state index is 0.0939. The van der Waals surface area contributed by atoms with Crippen molar-refractivity contribution >= 4 is 33.5 Å². The summed E-state index contributed by atoms with van der Waals surface area (Å²) in [6, 6.07) is 32.1. The number of anilines is 3. The van der Waals surface area contributed by atoms with E-state index in [-0.39, 0.29) is 10.8 Å². The number of hydrogen-bond donors (Lipinski definition) is 0. The minimum Gasteiger partial charge on any atom is -0.310 e. The second kappa shape index (κ2) is 8.91. The van der Waals surface area contributed by atoms with Crippen molar-refractivity contribution in [2.45, 2.75) is 65.2 Å². The molecule has 5 aromatic rings. The number of rotatable bonds is 3. The summed E-state index contributed by atoms with van der Waals surface area (Å²) >= 11 is 0. The second-order valence-electron chi connectivity index (χ2n) is 12.6. The third kappa shape index (κ3) is 3.46. The van der Waals surface area contributed by atoms with E-state index in [0.29, 0.717) is 0 Å². The highest BCUT2D eigenvalue weighted by molar-refractivity contribution is 5.97. The molecule has 0 aliphatic carbocycles. The van der Waals surface area contributed by atoms with E-state index in [2.05, 4.69) is 142 Å². The summed E-state index contributed by atoms with van der Waals surface area (Å²) in [4.78, 5) is 2.49. The first-order valence-corrected chi connectivity index (χ1v) is 15.0. The van der Waals surface area contributed by atoms with E-state index in [1.165, 1.54) is 72.6 Å². The van der Waals surface area contributed by atoms with Crippen LogP contribution in [0.1, 0.15) is 68.4 Å². The third-order valence-electron chi connectivity index (χ3n) is 10.1. The molecule has 204 valence electrons. The summed E-state index contributed by atoms with van der Waals surface area (Å²) in [6.45, 7) is 18.5. The van der Waals surface area contributed by atoms with Gasteiger partial charge in [0.05, 0.1) is 27.7 Å². The van der Waals surface area contributed by atoms with Crippen LogP contribution in [0.5, 0.6) is 0 Å². The SMILES string of the molecule is C=C1[n+]2ccc3ccccc3c2-c2cc(N3c4ccc(C)cc4C(C)(C)c4cc(C)ccc43)ccc2C1(CC)CC. The maximum Gasteiger partial charge on any atom is 0.226 e. The zero-order valence-electron chi connectivity index (χ0n) is 25.2. The highest BCUT2D eigenvalue weighted by Crippen LogP contribution is 2.54. The molecule has 0 spiro atoms. The summed E-state index contributed by atoms with van der Waals surface area (Å²) in [6.07, 6.45) is 4.25. The lowest BCUT2D eigenvalue weighted by Gasteiger charge is -2.43. The molecule has 0 atom stereocenters. The van der Waals surface area contributed by atoms with Gasteiger partial charge in [-0.1, -0.05) is 87.4 Å². The quantitative estimate of drug-likeness (QED) is 0.209. The second-order valence-corrected chi connectivity index (χ2v) is 12.6. The normalized spacial score (nSPS) is 16.1. The molecular formula is C39H39N2+. The monoisotopic (exact) mass is 535 g/mol. The van der Waals surface area contributed by atoms with Crippen LogP contribution in [0.15, 0.2) is 97.7 Å². The number of fused-ring (bicyclic) bond motifs is 7. The van der Waals surface area contributed by atoms with E-state index in [1.807, 2.05) is 0 Å². The number of aromatic nitrogens is 1. The van der Waals surface area contributed by atoms with E-state index < -0.39 is 0 Å². The van der Waals surface area contributed by atoms with Gasteiger partial charge >= 0.3 is 0 Å². The number of aryl methyl sites for hydroxylation is 2. The van der Waals surface area contributed by atoms with Gasteiger partial charge in [0, 0.05) is 17.2 Å². The fourth-order valence-corrected chi connectivity index (χ4v) is 7.67. The van der Waals surface area contributed by atoms with Crippen molar-refractivity contribution in [3.05, 3.63) is 126 Å². The standard InChI is InChI=1S/C39H39N2/c1-8-39(9-2)27(5)40-21-20-28-12-10-11-13-30(28)37(40)31-24-29(16-17-32(31)39)41-35-18-14-25(3)22-33(35)38(6,7)34-23-26(4)15-19-36(34)41/h10-24H,5,8-9H2,1-4,6-7H3/q+1. The van der Waals surface area contributed by atoms with E-state index >= 15 is 0 Å². The van der Waals surface area contributed by atoms with Gasteiger partial charge in [-0.15, -0.1) is 0 Å². The van der Waals surface area contributed by atoms with Crippen LogP contribution in [-0.2, 0) is 10.8 Å². The van der Waals surface area contributed by atoms with E-state index in [4.69, 9.17) is 6.58 Å². The molecule has 1 aromatic heterocycles. The maximum atomic E-state index is 4.71. The Hall–Kier alpha value is -4.17. The Morgan fingerprint density at radius 1 is 0.732 bits per heavy atom. The highest BCUT2D eigenvalue weighted by atomic mass is 15.2. The summed E-state index contributed by atoms with van der Waals surface area (Å²) in [5.74, 6) is 0. The van der Waals surface area contributed by atoms with Gasteiger partial charge in [0.15, 0.2) is 11.9 Å². The van der Waals surface area contributed by atoms with Gasteiger partial charge in [0.2, 0.25) is 5.69 Å². The Bertz CT molecular complexity index is 1830. The molecule has 2 aliphatic heterocycles. The van der Waals surface area contributed by atoms with Gasteiger partial charge in [-0.2, -0.15) is 4.57 Å². The molecule has 2 aliphatic rings. The zero-order valence-corrected chi connectivity index (χ0v) is 25.2. The Balaban J connectivity index is 1.56. The number of allylic oxidation sites excluding steroid dienone is 1. The summed E-state index contributed by atoms with van der Waals surface area (Å²) in [7, 11) is 0. The maximum absolute atomic E-state index is 4.71. The third-order valence-corrected chi connectivity index (χ3v) is 10.1. The minimum atomic E-state index is -0.109. The van der Waals surface area contributed by atoms with Crippen molar-refractivity contribution in [1.82, 2.24) is 0 Å². The number of nitrogens with zero attached hydrogens (tertiary/aromatic N) is 2. The average molecular weight is 536 g/mol. The molecule has 2 heteroatoms. The first kappa shape index (κ1) is 25.8. The van der Waals surface area contributed by atoms with Gasteiger partial charge < -0.3 is 4.90 Å². The molecule has 4 aromatic carbocycles. The number of hydrogen-bond acceptors (Lipinski definition) is 1. The Labute approximate surface area is 244 Å². The van der Waals surface area contributed by atoms with Crippen LogP contribution < -0.4 is 9.47 Å². The molecular weight excluding hydrogens is 496 g/mol. The van der Waals surface area contributed by atoms with Crippen LogP contribution in [-0.4, -0.2) is 0 Å². The lowest BCUT2D eigenvalue weighted by Crippen LogP contribution is -2.48. The molecule has 0 radical (unpaired) electrons. The Kier molecular flexibility index (Phi) is 5.60. The summed E-state index contributed by atoms with van der Waals surface area (Å²) in [5.41, 5.74) is 14.0. The predicted molar refractivity (Wildman–Crippen MR) is 173 cm³/mol. The Morgan fingerprint density at radius 3 is 2.00 bits per heavy atom. The van der Waals surface area contributed by atoms with Crippen molar-refractivity contribution < 1.29 is 4.57 Å². The predicted octanol–water partition coefficient (Wildman–Crippen LogP) is 10.1. The smallest absolute Gasteiger partial charge is 0.226 e. The van der Waals surface area contributed by atoms with Crippen molar-refractivity contribution in [2.24, 2.45) is 0 Å². The molecule has 0 saturated heterocycles. The summed E-state index contributed by atoms with van der Waals surface area (Å²) in [5, 5.41) is 2.52. The molecule has 0 amide bonds. The largest absolute Gasteiger partial charge is 0.310 e. The zero-order chi connectivity index (χ0) is 28.7. The van der Waals surface area contributed by atoms with Crippen LogP contribution in [0.4, 0.5) is 17.1 Å². The van der Waals surface area contributed by atoms with Gasteiger partial charge in [-0.25, -0.2) is 0 Å². The number of benzene rings is 4. The van der Waals surface area contributed by atoms with E-state index in [0.717, 1.165) is 12.8 Å². The highest BCUT2D eigenvalue weighted by Gasteiger charge is 2.47. The molecule has 0 unspecified atom stereocenters. The van der Waals surface area contributed by atoms with Crippen LogP contribution in [0.25, 0.3) is 27.7 Å². The fraction of sp³-hybridized carbons (Fsp3) is 0.256. The molecule has 0 saturated carbocycles. The van der Waals surface area contributed by atoms with Gasteiger partial charge in [0.1, 0.15) is 0 Å². The molecule has 0 N–H and O–H groups in total. The van der Waals surface area contributed by atoms with E-state index in [1.54, 1.807) is 0 Å². The van der Waals surface area contributed by atoms with Crippen molar-refractivity contribution in [3.63, 3.8) is 0 Å². The van der Waals surface area contributed by atoms with Crippen LogP contribution >= 0.6 is 0 Å². The van der Waals surface area contributed by atoms with E-state index in [9.17, 15) is 0 Å². The molecule has 3 heterocycles. The van der Waals surface area contributed by atoms with Crippen LogP contribution in [0, 0.1) is 13.8 Å². The lowest BCUT2D eigenvalue weighted by atomic mass is 9.68. The molecule has 0 bridgehead atoms. The van der Waals surface area contributed by atoms with Crippen molar-refractivity contribution in [3.8, 4) is 11.3 Å². The topological polar surface area (TPSA) is 7.12 Å². The molecule has 0 fully saturated rings. The van der Waals surface area contributed by atoms with Gasteiger partial charge in [-0.3, -0.25) is 0 Å². The van der Waals surface area contributed by atoms with Crippen molar-refractivity contribution in [1.29, 1.82) is 0 Å². The molecule has 7 rings (SSSR count). The van der Waals surface area contributed by atoms with Crippen LogP contribution in [0.3, 0.4) is 0 Å². The average Bonchev–Trinajstić information content (AvgIpc) is 2.98. The van der Waals surface area contributed by atoms with Crippen LogP contribution in [0.2, 0.25) is 0 Å². The molecule has 2 nitrogen and oxygen atoms in total. The van der Waals surface area contributed by atoms with Crippen molar-refractivity contribution in [2.75, 3.05) is 4.90 Å². The molecule has 41 heavy (non-hydrogen) atoms. The lowest BCUT2D eigenvalue weighted by molar-refractivity contribution is -0.576. The summed E-state index contributed by atoms with van der Waals surface area (Å²) < 4.78 is 2.37.